The second kappa shape index (κ2) is 7.28. The van der Waals surface area contributed by atoms with Gasteiger partial charge in [-0.3, -0.25) is 4.79 Å². The highest BCUT2D eigenvalue weighted by Crippen LogP contribution is 2.32. The van der Waals surface area contributed by atoms with Crippen LogP contribution in [0.3, 0.4) is 0 Å². The molecule has 1 saturated heterocycles. The Labute approximate surface area is 145 Å². The van der Waals surface area contributed by atoms with E-state index >= 15 is 0 Å². The number of hydrogen-bond acceptors (Lipinski definition) is 3. The van der Waals surface area contributed by atoms with Crippen LogP contribution in [0.15, 0.2) is 59.1 Å². The van der Waals surface area contributed by atoms with Gasteiger partial charge in [-0.1, -0.05) is 58.4 Å². The van der Waals surface area contributed by atoms with Gasteiger partial charge < -0.3 is 10.1 Å². The lowest BCUT2D eigenvalue weighted by atomic mass is 9.81. The van der Waals surface area contributed by atoms with E-state index < -0.39 is 5.41 Å². The van der Waals surface area contributed by atoms with Gasteiger partial charge in [0.25, 0.3) is 0 Å². The first kappa shape index (κ1) is 16.2. The van der Waals surface area contributed by atoms with Crippen molar-refractivity contribution in [1.29, 1.82) is 0 Å². The number of carbonyl (C=O) groups is 1. The smallest absolute Gasteiger partial charge is 0.314 e. The molecule has 0 radical (unpaired) electrons. The van der Waals surface area contributed by atoms with E-state index in [1.165, 1.54) is 0 Å². The minimum atomic E-state index is -0.463. The molecular weight excluding hydrogens is 354 g/mol. The van der Waals surface area contributed by atoms with E-state index in [0.717, 1.165) is 28.6 Å². The van der Waals surface area contributed by atoms with Crippen molar-refractivity contribution in [1.82, 2.24) is 5.32 Å². The van der Waals surface area contributed by atoms with Crippen molar-refractivity contribution in [3.8, 4) is 0 Å². The maximum Gasteiger partial charge on any atom is 0.314 e. The van der Waals surface area contributed by atoms with Gasteiger partial charge in [0.1, 0.15) is 6.61 Å². The molecule has 1 heterocycles. The molecule has 0 aromatic heterocycles. The number of rotatable bonds is 5. The lowest BCUT2D eigenvalue weighted by Gasteiger charge is -2.26. The van der Waals surface area contributed by atoms with Gasteiger partial charge in [0, 0.05) is 11.0 Å². The zero-order valence-electron chi connectivity index (χ0n) is 12.9. The SMILES string of the molecule is O=C(OCc1ccccc1)C1(Cc2cccc(Br)c2)CCNC1. The number of ether oxygens (including phenoxy) is 1. The van der Waals surface area contributed by atoms with E-state index in [0.29, 0.717) is 19.6 Å². The van der Waals surface area contributed by atoms with Crippen molar-refractivity contribution in [2.24, 2.45) is 5.41 Å². The number of nitrogens with one attached hydrogen (secondary N) is 1. The number of carbonyl (C=O) groups excluding carboxylic acids is 1. The van der Waals surface area contributed by atoms with E-state index in [2.05, 4.69) is 33.4 Å². The standard InChI is InChI=1S/C19H20BrNO2/c20-17-8-4-7-16(11-17)12-19(9-10-21-14-19)18(22)23-13-15-5-2-1-3-6-15/h1-8,11,21H,9-10,12-14H2. The molecule has 120 valence electrons. The molecule has 2 aromatic carbocycles. The molecular formula is C19H20BrNO2. The summed E-state index contributed by atoms with van der Waals surface area (Å²) in [6, 6.07) is 18.0. The summed E-state index contributed by atoms with van der Waals surface area (Å²) in [5.41, 5.74) is 1.71. The van der Waals surface area contributed by atoms with Crippen LogP contribution >= 0.6 is 15.9 Å². The lowest BCUT2D eigenvalue weighted by Crippen LogP contribution is -2.37. The number of hydrogen-bond donors (Lipinski definition) is 1. The van der Waals surface area contributed by atoms with Crippen LogP contribution in [0.2, 0.25) is 0 Å². The second-order valence-electron chi connectivity index (χ2n) is 6.08. The van der Waals surface area contributed by atoms with Crippen molar-refractivity contribution in [3.05, 3.63) is 70.2 Å². The quantitative estimate of drug-likeness (QED) is 0.811. The third-order valence-electron chi connectivity index (χ3n) is 4.32. The third-order valence-corrected chi connectivity index (χ3v) is 4.81. The first-order chi connectivity index (χ1) is 11.2. The average Bonchev–Trinajstić information content (AvgIpc) is 3.03. The molecule has 0 aliphatic carbocycles. The van der Waals surface area contributed by atoms with Crippen LogP contribution in [0.4, 0.5) is 0 Å². The normalized spacial score (nSPS) is 20.4. The summed E-state index contributed by atoms with van der Waals surface area (Å²) in [7, 11) is 0. The molecule has 23 heavy (non-hydrogen) atoms. The molecule has 3 nitrogen and oxygen atoms in total. The Hall–Kier alpha value is -1.65. The predicted molar refractivity (Wildman–Crippen MR) is 94.0 cm³/mol. The van der Waals surface area contributed by atoms with E-state index in [-0.39, 0.29) is 5.97 Å². The highest BCUT2D eigenvalue weighted by Gasteiger charge is 2.42. The largest absolute Gasteiger partial charge is 0.460 e. The zero-order chi connectivity index (χ0) is 16.1. The molecule has 2 aromatic rings. The van der Waals surface area contributed by atoms with E-state index in [1.54, 1.807) is 0 Å². The van der Waals surface area contributed by atoms with E-state index in [1.807, 2.05) is 42.5 Å². The summed E-state index contributed by atoms with van der Waals surface area (Å²) < 4.78 is 6.66. The third kappa shape index (κ3) is 4.01. The topological polar surface area (TPSA) is 38.3 Å². The second-order valence-corrected chi connectivity index (χ2v) is 6.99. The van der Waals surface area contributed by atoms with Gasteiger partial charge >= 0.3 is 5.97 Å². The van der Waals surface area contributed by atoms with Gasteiger partial charge in [-0.15, -0.1) is 0 Å². The van der Waals surface area contributed by atoms with Gasteiger partial charge in [0.2, 0.25) is 0 Å². The monoisotopic (exact) mass is 373 g/mol. The maximum absolute atomic E-state index is 12.8. The Morgan fingerprint density at radius 3 is 2.61 bits per heavy atom. The first-order valence-electron chi connectivity index (χ1n) is 7.84. The van der Waals surface area contributed by atoms with Gasteiger partial charge in [0.15, 0.2) is 0 Å². The molecule has 1 N–H and O–H groups in total. The predicted octanol–water partition coefficient (Wildman–Crippen LogP) is 3.71. The van der Waals surface area contributed by atoms with Gasteiger partial charge in [-0.05, 0) is 42.6 Å². The molecule has 1 unspecified atom stereocenters. The number of halogens is 1. The molecule has 1 aliphatic rings. The van der Waals surface area contributed by atoms with Crippen molar-refractivity contribution >= 4 is 21.9 Å². The molecule has 1 aliphatic heterocycles. The summed E-state index contributed by atoms with van der Waals surface area (Å²) >= 11 is 3.50. The minimum Gasteiger partial charge on any atom is -0.460 e. The van der Waals surface area contributed by atoms with Crippen LogP contribution in [-0.2, 0) is 22.6 Å². The molecule has 3 rings (SSSR count). The van der Waals surface area contributed by atoms with E-state index in [9.17, 15) is 4.79 Å². The summed E-state index contributed by atoms with van der Waals surface area (Å²) in [4.78, 5) is 12.8. The highest BCUT2D eigenvalue weighted by molar-refractivity contribution is 9.10. The Balaban J connectivity index is 1.71. The number of benzene rings is 2. The summed E-state index contributed by atoms with van der Waals surface area (Å²) in [5.74, 6) is -0.105. The fraction of sp³-hybridized carbons (Fsp3) is 0.316. The van der Waals surface area contributed by atoms with Crippen LogP contribution in [0, 0.1) is 5.41 Å². The Kier molecular flexibility index (Phi) is 5.13. The first-order valence-corrected chi connectivity index (χ1v) is 8.64. The molecule has 4 heteroatoms. The fourth-order valence-electron chi connectivity index (χ4n) is 3.05. The highest BCUT2D eigenvalue weighted by atomic mass is 79.9. The maximum atomic E-state index is 12.8. The van der Waals surface area contributed by atoms with E-state index in [4.69, 9.17) is 4.74 Å². The fourth-order valence-corrected chi connectivity index (χ4v) is 3.50. The molecule has 1 atom stereocenters. The molecule has 0 spiro atoms. The van der Waals surface area contributed by atoms with Crippen molar-refractivity contribution in [2.75, 3.05) is 13.1 Å². The minimum absolute atomic E-state index is 0.105. The Bertz CT molecular complexity index is 666. The Morgan fingerprint density at radius 1 is 1.13 bits per heavy atom. The van der Waals surface area contributed by atoms with Crippen LogP contribution in [0.1, 0.15) is 17.5 Å². The van der Waals surface area contributed by atoms with Crippen LogP contribution in [-0.4, -0.2) is 19.1 Å². The molecule has 0 saturated carbocycles. The lowest BCUT2D eigenvalue weighted by molar-refractivity contribution is -0.156. The van der Waals surface area contributed by atoms with Crippen LogP contribution in [0.5, 0.6) is 0 Å². The number of esters is 1. The van der Waals surface area contributed by atoms with Crippen LogP contribution < -0.4 is 5.32 Å². The Morgan fingerprint density at radius 2 is 1.91 bits per heavy atom. The summed E-state index contributed by atoms with van der Waals surface area (Å²) in [5, 5.41) is 3.31. The molecule has 1 fully saturated rings. The average molecular weight is 374 g/mol. The van der Waals surface area contributed by atoms with Gasteiger partial charge in [-0.2, -0.15) is 0 Å². The summed E-state index contributed by atoms with van der Waals surface area (Å²) in [6.45, 7) is 1.86. The van der Waals surface area contributed by atoms with Gasteiger partial charge in [0.05, 0.1) is 5.41 Å². The van der Waals surface area contributed by atoms with Crippen molar-refractivity contribution in [2.45, 2.75) is 19.4 Å². The zero-order valence-corrected chi connectivity index (χ0v) is 14.5. The van der Waals surface area contributed by atoms with Gasteiger partial charge in [-0.25, -0.2) is 0 Å². The van der Waals surface area contributed by atoms with Crippen LogP contribution in [0.25, 0.3) is 0 Å². The summed E-state index contributed by atoms with van der Waals surface area (Å²) in [6.07, 6.45) is 1.51. The van der Waals surface area contributed by atoms with Crippen molar-refractivity contribution < 1.29 is 9.53 Å². The molecule has 0 bridgehead atoms. The molecule has 0 amide bonds. The van der Waals surface area contributed by atoms with Crippen molar-refractivity contribution in [3.63, 3.8) is 0 Å².